The summed E-state index contributed by atoms with van der Waals surface area (Å²) in [7, 11) is 0. The van der Waals surface area contributed by atoms with E-state index in [0.717, 1.165) is 49.8 Å². The lowest BCUT2D eigenvalue weighted by Gasteiger charge is -2.36. The van der Waals surface area contributed by atoms with E-state index >= 15 is 0 Å². The van der Waals surface area contributed by atoms with Crippen LogP contribution in [0.4, 0.5) is 23.8 Å². The summed E-state index contributed by atoms with van der Waals surface area (Å²) in [5.74, 6) is 0.471. The monoisotopic (exact) mass is 530 g/mol. The number of likely N-dealkylation sites (tertiary alicyclic amines) is 1. The second-order valence-corrected chi connectivity index (χ2v) is 9.71. The van der Waals surface area contributed by atoms with Crippen LogP contribution in [0.25, 0.3) is 0 Å². The summed E-state index contributed by atoms with van der Waals surface area (Å²) in [4.78, 5) is 22.3. The molecule has 6 nitrogen and oxygen atoms in total. The predicted molar refractivity (Wildman–Crippen MR) is 129 cm³/mol. The average Bonchev–Trinajstić information content (AvgIpc) is 2.85. The fraction of sp³-hybridized carbons (Fsp3) is 0.500. The number of piperazine rings is 1. The largest absolute Gasteiger partial charge is 0.449 e. The Morgan fingerprint density at radius 2 is 1.80 bits per heavy atom. The Morgan fingerprint density at radius 3 is 2.49 bits per heavy atom. The number of carbonyl (C=O) groups is 1. The molecular weight excluding hydrogens is 504 g/mol. The van der Waals surface area contributed by atoms with Gasteiger partial charge in [-0.25, -0.2) is 9.78 Å². The maximum Gasteiger partial charge on any atom is 0.416 e. The van der Waals surface area contributed by atoms with E-state index in [2.05, 4.69) is 9.88 Å². The maximum atomic E-state index is 13.0. The van der Waals surface area contributed by atoms with E-state index in [4.69, 9.17) is 27.9 Å². The summed E-state index contributed by atoms with van der Waals surface area (Å²) in [5, 5.41) is 1.29. The molecule has 2 aromatic rings. The van der Waals surface area contributed by atoms with Crippen LogP contribution in [0, 0.1) is 5.92 Å². The van der Waals surface area contributed by atoms with Crippen LogP contribution >= 0.6 is 23.2 Å². The highest BCUT2D eigenvalue weighted by molar-refractivity contribution is 6.35. The number of carbonyl (C=O) groups excluding carboxylic acids is 1. The molecule has 1 aromatic heterocycles. The highest BCUT2D eigenvalue weighted by Gasteiger charge is 2.32. The molecule has 4 rings (SSSR count). The van der Waals surface area contributed by atoms with Crippen molar-refractivity contribution in [2.75, 3.05) is 50.8 Å². The minimum absolute atomic E-state index is 0.213. The van der Waals surface area contributed by atoms with Crippen molar-refractivity contribution in [1.29, 1.82) is 0 Å². The van der Waals surface area contributed by atoms with Crippen molar-refractivity contribution in [2.45, 2.75) is 25.6 Å². The molecule has 0 N–H and O–H groups in total. The van der Waals surface area contributed by atoms with E-state index < -0.39 is 17.8 Å². The van der Waals surface area contributed by atoms with Crippen molar-refractivity contribution in [3.05, 3.63) is 57.7 Å². The Bertz CT molecular complexity index is 1010. The minimum atomic E-state index is -4.42. The standard InChI is InChI=1S/C24H27Cl2F3N4O2/c25-20-4-1-5-21(26)19(20)15-31-8-2-3-17(14-31)16-35-23(34)33-11-9-32(10-12-33)22-13-18(6-7-30-22)24(27,28)29/h1,4-7,13,17H,2-3,8-12,14-16H2. The SMILES string of the molecule is O=C(OCC1CCCN(Cc2c(Cl)cccc2Cl)C1)N1CCN(c2cc(C(F)(F)F)ccn2)CC1. The van der Waals surface area contributed by atoms with Gasteiger partial charge in [0.1, 0.15) is 5.82 Å². The summed E-state index contributed by atoms with van der Waals surface area (Å²) in [5.41, 5.74) is 0.171. The van der Waals surface area contributed by atoms with E-state index in [1.54, 1.807) is 9.80 Å². The van der Waals surface area contributed by atoms with Crippen LogP contribution in [0.1, 0.15) is 24.0 Å². The molecule has 1 amide bonds. The van der Waals surface area contributed by atoms with Gasteiger partial charge in [0.25, 0.3) is 0 Å². The van der Waals surface area contributed by atoms with Crippen LogP contribution < -0.4 is 4.90 Å². The van der Waals surface area contributed by atoms with Gasteiger partial charge in [-0.15, -0.1) is 0 Å². The normalized spacial score (nSPS) is 19.6. The van der Waals surface area contributed by atoms with Crippen molar-refractivity contribution >= 4 is 35.1 Å². The average molecular weight is 531 g/mol. The number of hydrogen-bond donors (Lipinski definition) is 0. The number of benzene rings is 1. The molecule has 0 bridgehead atoms. The van der Waals surface area contributed by atoms with Crippen molar-refractivity contribution in [3.63, 3.8) is 0 Å². The maximum absolute atomic E-state index is 13.0. The van der Waals surface area contributed by atoms with Crippen molar-refractivity contribution in [2.24, 2.45) is 5.92 Å². The van der Waals surface area contributed by atoms with Crippen LogP contribution in [0.5, 0.6) is 0 Å². The Kier molecular flexibility index (Phi) is 8.29. The summed E-state index contributed by atoms with van der Waals surface area (Å²) in [6.07, 6.45) is -1.70. The molecule has 1 unspecified atom stereocenters. The van der Waals surface area contributed by atoms with Crippen molar-refractivity contribution in [3.8, 4) is 0 Å². The third-order valence-electron chi connectivity index (χ3n) is 6.42. The smallest absolute Gasteiger partial charge is 0.416 e. The Hall–Kier alpha value is -2.23. The van der Waals surface area contributed by atoms with E-state index in [0.29, 0.717) is 49.4 Å². The second-order valence-electron chi connectivity index (χ2n) is 8.90. The van der Waals surface area contributed by atoms with E-state index in [9.17, 15) is 18.0 Å². The van der Waals surface area contributed by atoms with Crippen molar-refractivity contribution < 1.29 is 22.7 Å². The zero-order valence-corrected chi connectivity index (χ0v) is 20.6. The zero-order valence-electron chi connectivity index (χ0n) is 19.1. The molecule has 2 aliphatic heterocycles. The number of rotatable bonds is 5. The van der Waals surface area contributed by atoms with Crippen LogP contribution in [0.15, 0.2) is 36.5 Å². The summed E-state index contributed by atoms with van der Waals surface area (Å²) in [6, 6.07) is 7.47. The number of aromatic nitrogens is 1. The third kappa shape index (κ3) is 6.71. The topological polar surface area (TPSA) is 48.9 Å². The number of ether oxygens (including phenoxy) is 1. The van der Waals surface area contributed by atoms with Gasteiger partial charge in [-0.1, -0.05) is 29.3 Å². The van der Waals surface area contributed by atoms with Gasteiger partial charge in [-0.3, -0.25) is 4.90 Å². The Morgan fingerprint density at radius 1 is 1.09 bits per heavy atom. The molecule has 35 heavy (non-hydrogen) atoms. The quantitative estimate of drug-likeness (QED) is 0.505. The van der Waals surface area contributed by atoms with E-state index in [1.807, 2.05) is 18.2 Å². The molecule has 0 radical (unpaired) electrons. The predicted octanol–water partition coefficient (Wildman–Crippen LogP) is 5.58. The number of amides is 1. The lowest BCUT2D eigenvalue weighted by Crippen LogP contribution is -2.49. The van der Waals surface area contributed by atoms with Crippen LogP contribution in [0.2, 0.25) is 10.0 Å². The van der Waals surface area contributed by atoms with Crippen molar-refractivity contribution in [1.82, 2.24) is 14.8 Å². The molecule has 3 heterocycles. The number of pyridine rings is 1. The first-order valence-corrected chi connectivity index (χ1v) is 12.3. The molecule has 2 saturated heterocycles. The van der Waals surface area contributed by atoms with Crippen LogP contribution in [0.3, 0.4) is 0 Å². The molecular formula is C24H27Cl2F3N4O2. The minimum Gasteiger partial charge on any atom is -0.449 e. The lowest BCUT2D eigenvalue weighted by atomic mass is 9.98. The highest BCUT2D eigenvalue weighted by atomic mass is 35.5. The molecule has 11 heteroatoms. The zero-order chi connectivity index (χ0) is 25.0. The number of hydrogen-bond acceptors (Lipinski definition) is 5. The Labute approximate surface area is 212 Å². The third-order valence-corrected chi connectivity index (χ3v) is 7.13. The number of piperidine rings is 1. The summed E-state index contributed by atoms with van der Waals surface area (Å²) in [6.45, 7) is 4.17. The first-order chi connectivity index (χ1) is 16.7. The Balaban J connectivity index is 1.24. The summed E-state index contributed by atoms with van der Waals surface area (Å²) >= 11 is 12.6. The molecule has 1 atom stereocenters. The van der Waals surface area contributed by atoms with Crippen LogP contribution in [-0.2, 0) is 17.5 Å². The first-order valence-electron chi connectivity index (χ1n) is 11.6. The van der Waals surface area contributed by atoms with Gasteiger partial charge >= 0.3 is 12.3 Å². The molecule has 2 fully saturated rings. The highest BCUT2D eigenvalue weighted by Crippen LogP contribution is 2.31. The van der Waals surface area contributed by atoms with Gasteiger partial charge in [-0.2, -0.15) is 13.2 Å². The number of halogens is 5. The van der Waals surface area contributed by atoms with Gasteiger partial charge in [0.2, 0.25) is 0 Å². The molecule has 190 valence electrons. The van der Waals surface area contributed by atoms with Gasteiger partial charge in [-0.05, 0) is 43.7 Å². The van der Waals surface area contributed by atoms with Gasteiger partial charge in [0.05, 0.1) is 12.2 Å². The van der Waals surface area contributed by atoms with Gasteiger partial charge in [0.15, 0.2) is 0 Å². The number of alkyl halides is 3. The fourth-order valence-electron chi connectivity index (χ4n) is 4.50. The molecule has 0 saturated carbocycles. The molecule has 2 aliphatic rings. The fourth-order valence-corrected chi connectivity index (χ4v) is 5.02. The van der Waals surface area contributed by atoms with E-state index in [1.165, 1.54) is 0 Å². The summed E-state index contributed by atoms with van der Waals surface area (Å²) < 4.78 is 44.5. The number of anilines is 1. The number of nitrogens with zero attached hydrogens (tertiary/aromatic N) is 4. The van der Waals surface area contributed by atoms with Gasteiger partial charge < -0.3 is 14.5 Å². The molecule has 0 aliphatic carbocycles. The second kappa shape index (κ2) is 11.2. The molecule has 1 aromatic carbocycles. The van der Waals surface area contributed by atoms with E-state index in [-0.39, 0.29) is 11.7 Å². The lowest BCUT2D eigenvalue weighted by molar-refractivity contribution is -0.137. The first kappa shape index (κ1) is 25.9. The van der Waals surface area contributed by atoms with Gasteiger partial charge in [0, 0.05) is 67.0 Å². The molecule has 0 spiro atoms. The van der Waals surface area contributed by atoms with Crippen LogP contribution in [-0.4, -0.2) is 66.8 Å².